The van der Waals surface area contributed by atoms with Crippen LogP contribution in [0, 0.1) is 5.92 Å². The zero-order valence-electron chi connectivity index (χ0n) is 11.7. The molecular formula is C11H16N2O6S2. The fourth-order valence-electron chi connectivity index (χ4n) is 1.53. The number of aliphatic carboxylic acids is 1. The van der Waals surface area contributed by atoms with E-state index < -0.39 is 33.9 Å². The molecule has 2 N–H and O–H groups in total. The number of rotatable bonds is 7. The number of methoxy groups -OCH3 is 1. The van der Waals surface area contributed by atoms with E-state index in [-0.39, 0.29) is 9.90 Å². The standard InChI is InChI=1S/C11H16N2O6S2/c1-4-6(2)7(9(14)15)13-21(17,18)11-8(10(16)19-3)12-5-20-11/h5-7,13H,4H2,1-3H3,(H,14,15)/t6-,7-/m0/s1. The third-order valence-corrected chi connectivity index (χ3v) is 5.73. The highest BCUT2D eigenvalue weighted by Crippen LogP contribution is 2.22. The van der Waals surface area contributed by atoms with Gasteiger partial charge in [0.05, 0.1) is 12.6 Å². The molecule has 21 heavy (non-hydrogen) atoms. The molecule has 0 saturated carbocycles. The number of esters is 1. The maximum Gasteiger partial charge on any atom is 0.358 e. The fraction of sp³-hybridized carbons (Fsp3) is 0.545. The number of hydrogen-bond acceptors (Lipinski definition) is 7. The highest BCUT2D eigenvalue weighted by molar-refractivity contribution is 7.91. The lowest BCUT2D eigenvalue weighted by Crippen LogP contribution is -2.45. The molecule has 0 bridgehead atoms. The van der Waals surface area contributed by atoms with Gasteiger partial charge in [0.2, 0.25) is 0 Å². The summed E-state index contributed by atoms with van der Waals surface area (Å²) >= 11 is 0.718. The summed E-state index contributed by atoms with van der Waals surface area (Å²) in [6.45, 7) is 3.37. The summed E-state index contributed by atoms with van der Waals surface area (Å²) in [5.41, 5.74) is 0.822. The Hall–Kier alpha value is -1.52. The molecule has 8 nitrogen and oxygen atoms in total. The Morgan fingerprint density at radius 3 is 2.62 bits per heavy atom. The predicted octanol–water partition coefficient (Wildman–Crippen LogP) is 0.707. The van der Waals surface area contributed by atoms with Gasteiger partial charge >= 0.3 is 11.9 Å². The molecule has 118 valence electrons. The quantitative estimate of drug-likeness (QED) is 0.703. The third-order valence-electron chi connectivity index (χ3n) is 2.92. The normalized spacial score (nSPS) is 14.4. The number of carbonyl (C=O) groups is 2. The number of thiazole rings is 1. The van der Waals surface area contributed by atoms with Gasteiger partial charge in [-0.15, -0.1) is 11.3 Å². The summed E-state index contributed by atoms with van der Waals surface area (Å²) in [4.78, 5) is 26.3. The third kappa shape index (κ3) is 3.99. The highest BCUT2D eigenvalue weighted by Gasteiger charge is 2.33. The summed E-state index contributed by atoms with van der Waals surface area (Å²) in [5.74, 6) is -2.59. The van der Waals surface area contributed by atoms with Crippen LogP contribution in [-0.4, -0.2) is 43.6 Å². The van der Waals surface area contributed by atoms with Gasteiger partial charge in [0, 0.05) is 0 Å². The number of nitrogens with one attached hydrogen (secondary N) is 1. The minimum Gasteiger partial charge on any atom is -0.480 e. The van der Waals surface area contributed by atoms with Crippen molar-refractivity contribution in [2.24, 2.45) is 5.92 Å². The minimum atomic E-state index is -4.18. The van der Waals surface area contributed by atoms with Gasteiger partial charge in [-0.3, -0.25) is 4.79 Å². The van der Waals surface area contributed by atoms with Gasteiger partial charge in [-0.05, 0) is 5.92 Å². The van der Waals surface area contributed by atoms with Gasteiger partial charge < -0.3 is 9.84 Å². The average Bonchev–Trinajstić information content (AvgIpc) is 2.93. The molecule has 0 aliphatic heterocycles. The van der Waals surface area contributed by atoms with E-state index in [0.29, 0.717) is 6.42 Å². The van der Waals surface area contributed by atoms with Crippen molar-refractivity contribution in [3.63, 3.8) is 0 Å². The molecule has 0 radical (unpaired) electrons. The molecule has 1 heterocycles. The van der Waals surface area contributed by atoms with E-state index in [1.165, 1.54) is 5.51 Å². The Balaban J connectivity index is 3.14. The van der Waals surface area contributed by atoms with E-state index in [4.69, 9.17) is 5.11 Å². The highest BCUT2D eigenvalue weighted by atomic mass is 32.2. The van der Waals surface area contributed by atoms with Crippen LogP contribution in [0.1, 0.15) is 30.8 Å². The number of carbonyl (C=O) groups excluding carboxylic acids is 1. The molecule has 0 aromatic carbocycles. The second kappa shape index (κ2) is 6.96. The monoisotopic (exact) mass is 336 g/mol. The van der Waals surface area contributed by atoms with Crippen LogP contribution in [0.15, 0.2) is 9.72 Å². The van der Waals surface area contributed by atoms with Crippen LogP contribution < -0.4 is 4.72 Å². The van der Waals surface area contributed by atoms with Crippen LogP contribution in [0.25, 0.3) is 0 Å². The summed E-state index contributed by atoms with van der Waals surface area (Å²) in [7, 11) is -3.08. The molecule has 1 rings (SSSR count). The largest absolute Gasteiger partial charge is 0.480 e. The van der Waals surface area contributed by atoms with E-state index in [9.17, 15) is 18.0 Å². The van der Waals surface area contributed by atoms with Crippen molar-refractivity contribution < 1.29 is 27.9 Å². The number of carboxylic acid groups (broad SMARTS) is 1. The molecule has 0 aliphatic carbocycles. The van der Waals surface area contributed by atoms with E-state index in [1.54, 1.807) is 13.8 Å². The molecule has 2 atom stereocenters. The number of hydrogen-bond donors (Lipinski definition) is 2. The molecular weight excluding hydrogens is 320 g/mol. The van der Waals surface area contributed by atoms with Gasteiger partial charge in [0.1, 0.15) is 6.04 Å². The first-order valence-electron chi connectivity index (χ1n) is 6.01. The number of carboxylic acids is 1. The smallest absolute Gasteiger partial charge is 0.358 e. The summed E-state index contributed by atoms with van der Waals surface area (Å²) in [6.07, 6.45) is 0.478. The molecule has 0 aliphatic rings. The zero-order valence-corrected chi connectivity index (χ0v) is 13.3. The van der Waals surface area contributed by atoms with Gasteiger partial charge in [-0.1, -0.05) is 20.3 Å². The molecule has 0 unspecified atom stereocenters. The Morgan fingerprint density at radius 1 is 1.52 bits per heavy atom. The molecule has 0 amide bonds. The van der Waals surface area contributed by atoms with Gasteiger partial charge in [-0.25, -0.2) is 18.2 Å². The Morgan fingerprint density at radius 2 is 2.14 bits per heavy atom. The lowest BCUT2D eigenvalue weighted by atomic mass is 10.0. The van der Waals surface area contributed by atoms with Crippen LogP contribution >= 0.6 is 11.3 Å². The van der Waals surface area contributed by atoms with Crippen molar-refractivity contribution in [1.29, 1.82) is 0 Å². The predicted molar refractivity (Wildman–Crippen MR) is 74.7 cm³/mol. The first kappa shape index (κ1) is 17.5. The van der Waals surface area contributed by atoms with Crippen molar-refractivity contribution in [3.8, 4) is 0 Å². The van der Waals surface area contributed by atoms with Gasteiger partial charge in [0.25, 0.3) is 10.0 Å². The number of aromatic nitrogens is 1. The number of nitrogens with zero attached hydrogens (tertiary/aromatic N) is 1. The molecule has 0 saturated heterocycles. The van der Waals surface area contributed by atoms with Crippen molar-refractivity contribution in [1.82, 2.24) is 9.71 Å². The van der Waals surface area contributed by atoms with Crippen molar-refractivity contribution in [2.45, 2.75) is 30.5 Å². The second-order valence-corrected chi connectivity index (χ2v) is 7.07. The van der Waals surface area contributed by atoms with Crippen LogP contribution in [0.3, 0.4) is 0 Å². The fourth-order valence-corrected chi connectivity index (χ4v) is 3.97. The van der Waals surface area contributed by atoms with Crippen molar-refractivity contribution in [3.05, 3.63) is 11.2 Å². The SMILES string of the molecule is CC[C@H](C)[C@H](NS(=O)(=O)c1scnc1C(=O)OC)C(=O)O. The van der Waals surface area contributed by atoms with Crippen LogP contribution in [0.4, 0.5) is 0 Å². The van der Waals surface area contributed by atoms with E-state index in [1.807, 2.05) is 0 Å². The molecule has 10 heteroatoms. The Bertz CT molecular complexity index is 624. The lowest BCUT2D eigenvalue weighted by Gasteiger charge is -2.19. The van der Waals surface area contributed by atoms with E-state index in [0.717, 1.165) is 18.4 Å². The van der Waals surface area contributed by atoms with Crippen LogP contribution in [-0.2, 0) is 19.6 Å². The number of sulfonamides is 1. The van der Waals surface area contributed by atoms with Crippen molar-refractivity contribution in [2.75, 3.05) is 7.11 Å². The van der Waals surface area contributed by atoms with Crippen LogP contribution in [0.2, 0.25) is 0 Å². The van der Waals surface area contributed by atoms with Crippen LogP contribution in [0.5, 0.6) is 0 Å². The number of ether oxygens (including phenoxy) is 1. The van der Waals surface area contributed by atoms with Crippen molar-refractivity contribution >= 4 is 33.3 Å². The minimum absolute atomic E-state index is 0.357. The molecule has 0 fully saturated rings. The average molecular weight is 336 g/mol. The van der Waals surface area contributed by atoms with E-state index >= 15 is 0 Å². The maximum atomic E-state index is 12.3. The molecule has 0 spiro atoms. The van der Waals surface area contributed by atoms with Gasteiger partial charge in [-0.2, -0.15) is 4.72 Å². The van der Waals surface area contributed by atoms with Gasteiger partial charge in [0.15, 0.2) is 9.90 Å². The molecule has 1 aromatic rings. The first-order chi connectivity index (χ1) is 9.74. The lowest BCUT2D eigenvalue weighted by molar-refractivity contribution is -0.140. The van der Waals surface area contributed by atoms with E-state index in [2.05, 4.69) is 14.4 Å². The summed E-state index contributed by atoms with van der Waals surface area (Å²) < 4.78 is 30.7. The molecule has 1 aromatic heterocycles. The second-order valence-electron chi connectivity index (χ2n) is 4.30. The Kier molecular flexibility index (Phi) is 5.81. The first-order valence-corrected chi connectivity index (χ1v) is 8.37. The summed E-state index contributed by atoms with van der Waals surface area (Å²) in [5, 5.41) is 9.13. The summed E-state index contributed by atoms with van der Waals surface area (Å²) in [6, 6.07) is -1.28. The zero-order chi connectivity index (χ0) is 16.2. The maximum absolute atomic E-state index is 12.3. The topological polar surface area (TPSA) is 123 Å². The Labute approximate surface area is 126 Å².